The second-order valence-electron chi connectivity index (χ2n) is 10.6. The third-order valence-electron chi connectivity index (χ3n) is 7.05. The lowest BCUT2D eigenvalue weighted by Gasteiger charge is -2.34. The molecular formula is C28H37FN4O3. The topological polar surface area (TPSA) is 88.8 Å². The number of alkyl halides is 1. The molecule has 2 aliphatic heterocycles. The molecule has 0 spiro atoms. The number of hydrogen-bond acceptors (Lipinski definition) is 5. The highest BCUT2D eigenvalue weighted by Gasteiger charge is 2.31. The number of benzene rings is 1. The fraction of sp³-hybridized carbons (Fsp3) is 0.536. The van der Waals surface area contributed by atoms with Crippen molar-refractivity contribution in [1.29, 1.82) is 0 Å². The zero-order chi connectivity index (χ0) is 25.7. The number of ether oxygens (including phenoxy) is 1. The van der Waals surface area contributed by atoms with Gasteiger partial charge < -0.3 is 20.3 Å². The average molecular weight is 497 g/mol. The molecule has 194 valence electrons. The van der Waals surface area contributed by atoms with Gasteiger partial charge in [0, 0.05) is 24.2 Å². The van der Waals surface area contributed by atoms with Gasteiger partial charge in [-0.05, 0) is 89.2 Å². The van der Waals surface area contributed by atoms with Crippen molar-refractivity contribution in [2.75, 3.05) is 32.8 Å². The molecule has 1 unspecified atom stereocenters. The lowest BCUT2D eigenvalue weighted by atomic mass is 9.97. The number of amides is 2. The summed E-state index contributed by atoms with van der Waals surface area (Å²) in [7, 11) is 0. The first-order chi connectivity index (χ1) is 17.2. The first kappa shape index (κ1) is 26.1. The lowest BCUT2D eigenvalue weighted by Crippen LogP contribution is -2.50. The number of hydrogen-bond donors (Lipinski definition) is 1. The Morgan fingerprint density at radius 2 is 1.78 bits per heavy atom. The van der Waals surface area contributed by atoms with Crippen molar-refractivity contribution < 1.29 is 18.7 Å². The minimum Gasteiger partial charge on any atom is -0.492 e. The quantitative estimate of drug-likeness (QED) is 0.595. The van der Waals surface area contributed by atoms with Crippen LogP contribution in [0.25, 0.3) is 11.3 Å². The van der Waals surface area contributed by atoms with Gasteiger partial charge in [-0.15, -0.1) is 0 Å². The van der Waals surface area contributed by atoms with Crippen LogP contribution in [0.15, 0.2) is 42.6 Å². The van der Waals surface area contributed by atoms with Crippen LogP contribution in [0.5, 0.6) is 5.75 Å². The predicted octanol–water partition coefficient (Wildman–Crippen LogP) is 4.07. The van der Waals surface area contributed by atoms with E-state index in [0.29, 0.717) is 37.6 Å². The molecule has 7 nitrogen and oxygen atoms in total. The van der Waals surface area contributed by atoms with Crippen molar-refractivity contribution in [2.45, 2.75) is 57.7 Å². The summed E-state index contributed by atoms with van der Waals surface area (Å²) in [4.78, 5) is 33.0. The number of likely N-dealkylation sites (tertiary alicyclic amines) is 2. The van der Waals surface area contributed by atoms with E-state index in [1.165, 1.54) is 0 Å². The second kappa shape index (κ2) is 11.4. The molecule has 8 heteroatoms. The molecule has 0 bridgehead atoms. The van der Waals surface area contributed by atoms with Gasteiger partial charge in [0.15, 0.2) is 0 Å². The van der Waals surface area contributed by atoms with E-state index in [-0.39, 0.29) is 5.91 Å². The number of carbonyl (C=O) groups is 2. The number of nitrogens with zero attached hydrogens (tertiary/aromatic N) is 3. The van der Waals surface area contributed by atoms with Crippen LogP contribution in [-0.4, -0.2) is 71.1 Å². The van der Waals surface area contributed by atoms with E-state index in [0.717, 1.165) is 55.8 Å². The van der Waals surface area contributed by atoms with Crippen LogP contribution in [0.1, 0.15) is 56.3 Å². The SMILES string of the molecule is CC(C)(F)CN1CCC(COc2ccc(-c3ccc(C(=O)N4CCCCC4C(N)=O)cc3)nc2)CC1. The van der Waals surface area contributed by atoms with E-state index in [9.17, 15) is 14.0 Å². The van der Waals surface area contributed by atoms with E-state index >= 15 is 0 Å². The number of halogens is 1. The Kier molecular flexibility index (Phi) is 8.24. The van der Waals surface area contributed by atoms with E-state index < -0.39 is 17.6 Å². The van der Waals surface area contributed by atoms with Gasteiger partial charge >= 0.3 is 0 Å². The van der Waals surface area contributed by atoms with Gasteiger partial charge in [-0.25, -0.2) is 4.39 Å². The molecule has 2 amide bonds. The number of rotatable bonds is 8. The number of piperidine rings is 2. The van der Waals surface area contributed by atoms with Crippen molar-refractivity contribution >= 4 is 11.8 Å². The molecule has 0 aliphatic carbocycles. The molecule has 2 N–H and O–H groups in total. The zero-order valence-electron chi connectivity index (χ0n) is 21.3. The van der Waals surface area contributed by atoms with Gasteiger partial charge in [0.1, 0.15) is 17.5 Å². The Hall–Kier alpha value is -3.00. The van der Waals surface area contributed by atoms with Gasteiger partial charge in [0.2, 0.25) is 5.91 Å². The first-order valence-corrected chi connectivity index (χ1v) is 12.9. The molecule has 2 aliphatic rings. The Morgan fingerprint density at radius 3 is 2.39 bits per heavy atom. The average Bonchev–Trinajstić information content (AvgIpc) is 2.87. The predicted molar refractivity (Wildman–Crippen MR) is 137 cm³/mol. The Bertz CT molecular complexity index is 1030. The molecule has 3 heterocycles. The maximum absolute atomic E-state index is 13.9. The molecule has 1 atom stereocenters. The van der Waals surface area contributed by atoms with Crippen LogP contribution in [0.2, 0.25) is 0 Å². The molecule has 1 aromatic carbocycles. The summed E-state index contributed by atoms with van der Waals surface area (Å²) in [5, 5.41) is 0. The molecule has 2 fully saturated rings. The molecular weight excluding hydrogens is 459 g/mol. The van der Waals surface area contributed by atoms with Crippen molar-refractivity contribution in [3.05, 3.63) is 48.2 Å². The summed E-state index contributed by atoms with van der Waals surface area (Å²) in [6.45, 7) is 6.72. The van der Waals surface area contributed by atoms with Gasteiger partial charge in [-0.1, -0.05) is 12.1 Å². The highest BCUT2D eigenvalue weighted by Crippen LogP contribution is 2.25. The fourth-order valence-corrected chi connectivity index (χ4v) is 5.11. The third kappa shape index (κ3) is 6.81. The molecule has 0 saturated carbocycles. The van der Waals surface area contributed by atoms with E-state index in [1.807, 2.05) is 24.3 Å². The summed E-state index contributed by atoms with van der Waals surface area (Å²) in [6.07, 6.45) is 6.13. The molecule has 4 rings (SSSR count). The number of pyridine rings is 1. The molecule has 1 aromatic heterocycles. The maximum atomic E-state index is 13.9. The maximum Gasteiger partial charge on any atom is 0.254 e. The standard InChI is InChI=1S/C28H37FN4O3/c1-28(2,29)19-32-15-12-20(13-16-32)18-36-23-10-11-24(31-17-23)21-6-8-22(9-7-21)27(35)33-14-4-3-5-25(33)26(30)34/h6-11,17,20,25H,3-5,12-16,18-19H2,1-2H3,(H2,30,34). The Labute approximate surface area is 212 Å². The number of carbonyl (C=O) groups excluding carboxylic acids is 2. The van der Waals surface area contributed by atoms with Crippen molar-refractivity contribution in [2.24, 2.45) is 11.7 Å². The largest absolute Gasteiger partial charge is 0.492 e. The smallest absolute Gasteiger partial charge is 0.254 e. The van der Waals surface area contributed by atoms with Crippen LogP contribution in [-0.2, 0) is 4.79 Å². The summed E-state index contributed by atoms with van der Waals surface area (Å²) in [5.41, 5.74) is 6.57. The highest BCUT2D eigenvalue weighted by molar-refractivity contribution is 5.97. The first-order valence-electron chi connectivity index (χ1n) is 12.9. The molecule has 36 heavy (non-hydrogen) atoms. The minimum atomic E-state index is -1.16. The highest BCUT2D eigenvalue weighted by atomic mass is 19.1. The van der Waals surface area contributed by atoms with Crippen LogP contribution >= 0.6 is 0 Å². The zero-order valence-corrected chi connectivity index (χ0v) is 21.3. The molecule has 2 aromatic rings. The summed E-state index contributed by atoms with van der Waals surface area (Å²) in [6, 6.07) is 10.6. The van der Waals surface area contributed by atoms with Gasteiger partial charge in [-0.3, -0.25) is 14.6 Å². The van der Waals surface area contributed by atoms with Crippen LogP contribution in [0.4, 0.5) is 4.39 Å². The van der Waals surface area contributed by atoms with Gasteiger partial charge in [0.25, 0.3) is 5.91 Å². The summed E-state index contributed by atoms with van der Waals surface area (Å²) in [5.74, 6) is 0.571. The monoisotopic (exact) mass is 496 g/mol. The van der Waals surface area contributed by atoms with Gasteiger partial charge in [-0.2, -0.15) is 0 Å². The number of primary amides is 1. The fourth-order valence-electron chi connectivity index (χ4n) is 5.11. The van der Waals surface area contributed by atoms with E-state index in [2.05, 4.69) is 9.88 Å². The normalized spacial score (nSPS) is 19.8. The van der Waals surface area contributed by atoms with Gasteiger partial charge in [0.05, 0.1) is 18.5 Å². The van der Waals surface area contributed by atoms with E-state index in [4.69, 9.17) is 10.5 Å². The minimum absolute atomic E-state index is 0.166. The lowest BCUT2D eigenvalue weighted by molar-refractivity contribution is -0.123. The second-order valence-corrected chi connectivity index (χ2v) is 10.6. The summed E-state index contributed by atoms with van der Waals surface area (Å²) < 4.78 is 19.8. The van der Waals surface area contributed by atoms with Crippen LogP contribution < -0.4 is 10.5 Å². The third-order valence-corrected chi connectivity index (χ3v) is 7.05. The van der Waals surface area contributed by atoms with E-state index in [1.54, 1.807) is 37.1 Å². The van der Waals surface area contributed by atoms with Crippen LogP contribution in [0, 0.1) is 5.92 Å². The molecule has 0 radical (unpaired) electrons. The van der Waals surface area contributed by atoms with Crippen LogP contribution in [0.3, 0.4) is 0 Å². The molecule has 2 saturated heterocycles. The number of nitrogens with two attached hydrogens (primary N) is 1. The Balaban J connectivity index is 1.29. The van der Waals surface area contributed by atoms with Crippen molar-refractivity contribution in [1.82, 2.24) is 14.8 Å². The Morgan fingerprint density at radius 1 is 1.06 bits per heavy atom. The van der Waals surface area contributed by atoms with Crippen molar-refractivity contribution in [3.63, 3.8) is 0 Å². The summed E-state index contributed by atoms with van der Waals surface area (Å²) >= 11 is 0. The van der Waals surface area contributed by atoms with Crippen molar-refractivity contribution in [3.8, 4) is 17.0 Å². The number of aromatic nitrogens is 1.